The normalized spacial score (nSPS) is 19.2. The van der Waals surface area contributed by atoms with E-state index in [9.17, 15) is 24.8 Å². The Labute approximate surface area is 229 Å². The van der Waals surface area contributed by atoms with Crippen LogP contribution in [0.1, 0.15) is 55.9 Å². The highest BCUT2D eigenvalue weighted by molar-refractivity contribution is 7.99. The molecule has 2 aromatic rings. The maximum atomic E-state index is 13.7. The summed E-state index contributed by atoms with van der Waals surface area (Å²) < 4.78 is 11.1. The van der Waals surface area contributed by atoms with Crippen molar-refractivity contribution in [3.05, 3.63) is 72.7 Å². The summed E-state index contributed by atoms with van der Waals surface area (Å²) in [6.07, 6.45) is 0.813. The molecule has 0 amide bonds. The number of thiophene rings is 1. The van der Waals surface area contributed by atoms with Gasteiger partial charge >= 0.3 is 11.7 Å². The fourth-order valence-electron chi connectivity index (χ4n) is 4.97. The van der Waals surface area contributed by atoms with Crippen LogP contribution in [-0.4, -0.2) is 46.5 Å². The van der Waals surface area contributed by atoms with Gasteiger partial charge in [0.25, 0.3) is 0 Å². The molecule has 4 rings (SSSR count). The molecule has 0 unspecified atom stereocenters. The maximum Gasteiger partial charge on any atom is 0.336 e. The number of carbonyl (C=O) groups is 2. The van der Waals surface area contributed by atoms with Crippen LogP contribution in [0.15, 0.2) is 52.2 Å². The van der Waals surface area contributed by atoms with Crippen molar-refractivity contribution >= 4 is 40.5 Å². The summed E-state index contributed by atoms with van der Waals surface area (Å²) in [5, 5.41) is 27.5. The zero-order valence-corrected chi connectivity index (χ0v) is 23.1. The number of nitrogens with one attached hydrogen (secondary N) is 1. The summed E-state index contributed by atoms with van der Waals surface area (Å²) in [6.45, 7) is 5.81. The first-order valence-corrected chi connectivity index (χ1v) is 14.5. The molecule has 0 radical (unpaired) electrons. The number of thioether (sulfide) groups is 1. The number of Topliss-reactive ketones (excluding diaryl/α,β-unsaturated/α-hetero) is 1. The molecule has 11 heteroatoms. The molecule has 9 nitrogen and oxygen atoms in total. The van der Waals surface area contributed by atoms with Gasteiger partial charge < -0.3 is 19.9 Å². The van der Waals surface area contributed by atoms with Crippen LogP contribution in [0.3, 0.4) is 0 Å². The third kappa shape index (κ3) is 5.58. The smallest absolute Gasteiger partial charge is 0.336 e. The molecule has 2 aliphatic rings. The van der Waals surface area contributed by atoms with Crippen molar-refractivity contribution < 1.29 is 29.1 Å². The van der Waals surface area contributed by atoms with Gasteiger partial charge in [0, 0.05) is 51.9 Å². The summed E-state index contributed by atoms with van der Waals surface area (Å²) in [5.41, 5.74) is 1.57. The predicted molar refractivity (Wildman–Crippen MR) is 147 cm³/mol. The Morgan fingerprint density at radius 3 is 2.76 bits per heavy atom. The molecule has 0 saturated carbocycles. The SMILES string of the molecule is CCOc1cc([C@@H]2C(C(=O)OCCSCC)=C(C)NC3=C2C(=O)C[C@@H](c2cccs2)C3)cc([N+](=O)[O-])c1O. The average Bonchev–Trinajstić information content (AvgIpc) is 3.42. The van der Waals surface area contributed by atoms with E-state index in [1.807, 2.05) is 24.4 Å². The Balaban J connectivity index is 1.84. The number of ketones is 1. The summed E-state index contributed by atoms with van der Waals surface area (Å²) in [7, 11) is 0. The van der Waals surface area contributed by atoms with Crippen LogP contribution in [-0.2, 0) is 14.3 Å². The number of dihydropyridines is 1. The zero-order valence-electron chi connectivity index (χ0n) is 21.4. The predicted octanol–water partition coefficient (Wildman–Crippen LogP) is 5.42. The molecular formula is C27H30N2O7S2. The lowest BCUT2D eigenvalue weighted by atomic mass is 9.72. The van der Waals surface area contributed by atoms with Crippen molar-refractivity contribution in [3.63, 3.8) is 0 Å². The number of rotatable bonds is 10. The Kier molecular flexibility index (Phi) is 8.78. The van der Waals surface area contributed by atoms with Gasteiger partial charge in [-0.2, -0.15) is 11.8 Å². The van der Waals surface area contributed by atoms with Crippen LogP contribution in [0, 0.1) is 10.1 Å². The molecule has 1 aliphatic heterocycles. The van der Waals surface area contributed by atoms with Gasteiger partial charge in [0.15, 0.2) is 11.5 Å². The second-order valence-corrected chi connectivity index (χ2v) is 11.3. The van der Waals surface area contributed by atoms with Crippen molar-refractivity contribution in [3.8, 4) is 11.5 Å². The summed E-state index contributed by atoms with van der Waals surface area (Å²) in [4.78, 5) is 39.3. The largest absolute Gasteiger partial charge is 0.500 e. The summed E-state index contributed by atoms with van der Waals surface area (Å²) in [6, 6.07) is 6.64. The lowest BCUT2D eigenvalue weighted by Crippen LogP contribution is -2.36. The van der Waals surface area contributed by atoms with Crippen LogP contribution in [0.25, 0.3) is 0 Å². The number of benzene rings is 1. The van der Waals surface area contributed by atoms with Crippen LogP contribution in [0.4, 0.5) is 5.69 Å². The molecule has 38 heavy (non-hydrogen) atoms. The second-order valence-electron chi connectivity index (χ2n) is 8.94. The van der Waals surface area contributed by atoms with Crippen molar-refractivity contribution in [2.45, 2.75) is 45.4 Å². The van der Waals surface area contributed by atoms with Gasteiger partial charge in [-0.25, -0.2) is 4.79 Å². The molecule has 0 bridgehead atoms. The number of phenolic OH excluding ortho intramolecular Hbond substituents is 1. The van der Waals surface area contributed by atoms with E-state index in [1.165, 1.54) is 12.1 Å². The number of hydrogen-bond donors (Lipinski definition) is 2. The minimum absolute atomic E-state index is 0.00471. The van der Waals surface area contributed by atoms with Crippen molar-refractivity contribution in [1.82, 2.24) is 5.32 Å². The number of nitro groups is 1. The first kappa shape index (κ1) is 27.7. The molecule has 0 spiro atoms. The first-order valence-electron chi connectivity index (χ1n) is 12.4. The van der Waals surface area contributed by atoms with Gasteiger partial charge in [-0.15, -0.1) is 11.3 Å². The first-order chi connectivity index (χ1) is 18.3. The Hall–Kier alpha value is -3.31. The number of carbonyl (C=O) groups excluding carboxylic acids is 2. The number of nitrogens with zero attached hydrogens (tertiary/aromatic N) is 1. The highest BCUT2D eigenvalue weighted by atomic mass is 32.2. The highest BCUT2D eigenvalue weighted by Gasteiger charge is 2.42. The molecule has 2 heterocycles. The third-order valence-electron chi connectivity index (χ3n) is 6.57. The van der Waals surface area contributed by atoms with Crippen LogP contribution >= 0.6 is 23.1 Å². The molecule has 0 fully saturated rings. The quantitative estimate of drug-likeness (QED) is 0.170. The second kappa shape index (κ2) is 12.0. The summed E-state index contributed by atoms with van der Waals surface area (Å²) >= 11 is 3.23. The Morgan fingerprint density at radius 2 is 2.11 bits per heavy atom. The molecule has 1 aromatic carbocycles. The lowest BCUT2D eigenvalue weighted by molar-refractivity contribution is -0.386. The fraction of sp³-hybridized carbons (Fsp3) is 0.407. The molecule has 2 N–H and O–H groups in total. The van der Waals surface area contributed by atoms with E-state index in [0.717, 1.165) is 10.6 Å². The van der Waals surface area contributed by atoms with Crippen molar-refractivity contribution in [1.29, 1.82) is 0 Å². The van der Waals surface area contributed by atoms with Crippen molar-refractivity contribution in [2.24, 2.45) is 0 Å². The van der Waals surface area contributed by atoms with Gasteiger partial charge in [0.1, 0.15) is 6.61 Å². The van der Waals surface area contributed by atoms with E-state index in [4.69, 9.17) is 9.47 Å². The lowest BCUT2D eigenvalue weighted by Gasteiger charge is -2.36. The number of phenols is 1. The van der Waals surface area contributed by atoms with Gasteiger partial charge in [-0.05, 0) is 49.1 Å². The number of allylic oxidation sites excluding steroid dienone is 3. The van der Waals surface area contributed by atoms with Crippen LogP contribution < -0.4 is 10.1 Å². The zero-order chi connectivity index (χ0) is 27.4. The van der Waals surface area contributed by atoms with Crippen LogP contribution in [0.5, 0.6) is 11.5 Å². The van der Waals surface area contributed by atoms with E-state index in [-0.39, 0.29) is 42.7 Å². The fourth-order valence-corrected chi connectivity index (χ4v) is 6.29. The number of ether oxygens (including phenoxy) is 2. The van der Waals surface area contributed by atoms with E-state index in [0.29, 0.717) is 34.7 Å². The van der Waals surface area contributed by atoms with E-state index >= 15 is 0 Å². The number of esters is 1. The minimum Gasteiger partial charge on any atom is -0.500 e. The molecular weight excluding hydrogens is 528 g/mol. The Morgan fingerprint density at radius 1 is 1.32 bits per heavy atom. The molecule has 202 valence electrons. The molecule has 1 aliphatic carbocycles. The van der Waals surface area contributed by atoms with Crippen LogP contribution in [0.2, 0.25) is 0 Å². The number of aromatic hydroxyl groups is 1. The summed E-state index contributed by atoms with van der Waals surface area (Å²) in [5.74, 6) is -0.819. The maximum absolute atomic E-state index is 13.7. The molecule has 0 saturated heterocycles. The van der Waals surface area contributed by atoms with Crippen molar-refractivity contribution in [2.75, 3.05) is 24.7 Å². The van der Waals surface area contributed by atoms with E-state index in [1.54, 1.807) is 36.9 Å². The highest BCUT2D eigenvalue weighted by Crippen LogP contribution is 2.49. The average molecular weight is 559 g/mol. The molecule has 2 atom stereocenters. The molecule has 1 aromatic heterocycles. The number of nitro benzene ring substituents is 1. The minimum atomic E-state index is -0.909. The Bertz CT molecular complexity index is 1300. The topological polar surface area (TPSA) is 128 Å². The monoisotopic (exact) mass is 558 g/mol. The van der Waals surface area contributed by atoms with Gasteiger partial charge in [0.2, 0.25) is 5.75 Å². The van der Waals surface area contributed by atoms with E-state index in [2.05, 4.69) is 5.32 Å². The van der Waals surface area contributed by atoms with Gasteiger partial charge in [-0.3, -0.25) is 14.9 Å². The van der Waals surface area contributed by atoms with Gasteiger partial charge in [-0.1, -0.05) is 13.0 Å². The van der Waals surface area contributed by atoms with E-state index < -0.39 is 28.2 Å². The standard InChI is InChI=1S/C27H30N2O7S2/c1-4-35-21-14-17(12-19(26(21)31)29(33)34)24-23(27(32)36-8-10-37-5-2)15(3)28-18-11-16(13-20(30)25(18)24)22-7-6-9-38-22/h6-7,9,12,14,16,24,28,31H,4-5,8,10-11,13H2,1-3H3/t16-,24+/m0/s1. The van der Waals surface area contributed by atoms with Gasteiger partial charge in [0.05, 0.1) is 17.1 Å². The number of hydrogen-bond acceptors (Lipinski definition) is 10. The third-order valence-corrected chi connectivity index (χ3v) is 8.46.